The Morgan fingerprint density at radius 2 is 1.88 bits per heavy atom. The summed E-state index contributed by atoms with van der Waals surface area (Å²) in [4.78, 5) is 23.4. The van der Waals surface area contributed by atoms with Crippen LogP contribution in [-0.4, -0.2) is 40.7 Å². The van der Waals surface area contributed by atoms with E-state index in [4.69, 9.17) is 10.00 Å². The minimum absolute atomic E-state index is 0.223. The van der Waals surface area contributed by atoms with Crippen LogP contribution in [0.25, 0.3) is 0 Å². The van der Waals surface area contributed by atoms with Crippen molar-refractivity contribution in [3.63, 3.8) is 0 Å². The van der Waals surface area contributed by atoms with Crippen LogP contribution < -0.4 is 0 Å². The van der Waals surface area contributed by atoms with E-state index in [0.29, 0.717) is 19.5 Å². The van der Waals surface area contributed by atoms with Gasteiger partial charge in [-0.1, -0.05) is 0 Å². The van der Waals surface area contributed by atoms with Crippen molar-refractivity contribution in [1.82, 2.24) is 10.0 Å². The summed E-state index contributed by atoms with van der Waals surface area (Å²) in [5.74, 6) is -0.365. The number of carbonyl (C=O) groups excluding carboxylic acids is 2. The minimum Gasteiger partial charge on any atom is -0.442 e. The number of ether oxygens (including phenoxy) is 1. The number of hydrazine groups is 1. The Bertz CT molecular complexity index is 354. The lowest BCUT2D eigenvalue weighted by molar-refractivity contribution is -0.141. The molecule has 0 aromatic heterocycles. The molecular weight excluding hydrogens is 222 g/mol. The van der Waals surface area contributed by atoms with E-state index in [9.17, 15) is 9.59 Å². The molecule has 1 fully saturated rings. The van der Waals surface area contributed by atoms with E-state index in [-0.39, 0.29) is 12.3 Å². The summed E-state index contributed by atoms with van der Waals surface area (Å²) in [7, 11) is 0. The van der Waals surface area contributed by atoms with Crippen molar-refractivity contribution in [2.45, 2.75) is 39.2 Å². The van der Waals surface area contributed by atoms with E-state index in [2.05, 4.69) is 0 Å². The summed E-state index contributed by atoms with van der Waals surface area (Å²) in [5, 5.41) is 11.0. The smallest absolute Gasteiger partial charge is 0.429 e. The number of rotatable bonds is 1. The molecule has 0 spiro atoms. The zero-order valence-corrected chi connectivity index (χ0v) is 10.4. The lowest BCUT2D eigenvalue weighted by atomic mass is 10.2. The third kappa shape index (κ3) is 3.63. The van der Waals surface area contributed by atoms with Gasteiger partial charge in [0.2, 0.25) is 0 Å². The molecule has 0 aliphatic carbocycles. The number of carbonyl (C=O) groups is 2. The summed E-state index contributed by atoms with van der Waals surface area (Å²) in [5.41, 5.74) is -0.594. The molecule has 6 heteroatoms. The highest BCUT2D eigenvalue weighted by Gasteiger charge is 2.33. The zero-order chi connectivity index (χ0) is 13.1. The summed E-state index contributed by atoms with van der Waals surface area (Å²) >= 11 is 0. The van der Waals surface area contributed by atoms with Crippen LogP contribution in [0.3, 0.4) is 0 Å². The molecule has 0 unspecified atom stereocenters. The molecule has 0 saturated carbocycles. The predicted molar refractivity (Wildman–Crippen MR) is 59.5 cm³/mol. The van der Waals surface area contributed by atoms with E-state index in [1.165, 1.54) is 10.0 Å². The maximum absolute atomic E-state index is 11.8. The number of hydrogen-bond donors (Lipinski definition) is 0. The summed E-state index contributed by atoms with van der Waals surface area (Å²) in [6.45, 7) is 6.21. The Labute approximate surface area is 101 Å². The third-order valence-corrected chi connectivity index (χ3v) is 2.15. The van der Waals surface area contributed by atoms with Crippen molar-refractivity contribution in [3.05, 3.63) is 0 Å². The highest BCUT2D eigenvalue weighted by Crippen LogP contribution is 2.17. The molecule has 94 valence electrons. The third-order valence-electron chi connectivity index (χ3n) is 2.15. The molecule has 0 N–H and O–H groups in total. The maximum atomic E-state index is 11.8. The lowest BCUT2D eigenvalue weighted by Gasteiger charge is -2.29. The van der Waals surface area contributed by atoms with Crippen LogP contribution in [0, 0.1) is 11.3 Å². The maximum Gasteiger partial charge on any atom is 0.429 e. The SMILES string of the molecule is CC(C)(C)OC(=O)N1CCCN1C(=O)CC#N. The van der Waals surface area contributed by atoms with Crippen molar-refractivity contribution < 1.29 is 14.3 Å². The van der Waals surface area contributed by atoms with E-state index >= 15 is 0 Å². The normalized spacial score (nSPS) is 15.6. The molecule has 17 heavy (non-hydrogen) atoms. The van der Waals surface area contributed by atoms with Gasteiger partial charge in [-0.05, 0) is 27.2 Å². The van der Waals surface area contributed by atoms with Crippen LogP contribution >= 0.6 is 0 Å². The van der Waals surface area contributed by atoms with Crippen LogP contribution in [0.2, 0.25) is 0 Å². The molecule has 0 aromatic rings. The van der Waals surface area contributed by atoms with Crippen molar-refractivity contribution in [3.8, 4) is 6.07 Å². The Morgan fingerprint density at radius 1 is 1.29 bits per heavy atom. The summed E-state index contributed by atoms with van der Waals surface area (Å²) in [6.07, 6.45) is -0.0586. The first-order valence-electron chi connectivity index (χ1n) is 5.53. The van der Waals surface area contributed by atoms with Gasteiger partial charge in [-0.15, -0.1) is 0 Å². The van der Waals surface area contributed by atoms with Gasteiger partial charge in [0.15, 0.2) is 0 Å². The molecule has 0 radical (unpaired) electrons. The van der Waals surface area contributed by atoms with E-state index < -0.39 is 11.7 Å². The standard InChI is InChI=1S/C11H17N3O3/c1-11(2,3)17-10(16)14-8-4-7-13(14)9(15)5-6-12/h4-5,7-8H2,1-3H3. The quantitative estimate of drug-likeness (QED) is 0.691. The first kappa shape index (κ1) is 13.3. The van der Waals surface area contributed by atoms with Crippen molar-refractivity contribution >= 4 is 12.0 Å². The van der Waals surface area contributed by atoms with Gasteiger partial charge in [-0.3, -0.25) is 4.79 Å². The predicted octanol–water partition coefficient (Wildman–Crippen LogP) is 1.28. The van der Waals surface area contributed by atoms with Gasteiger partial charge in [0, 0.05) is 13.1 Å². The second kappa shape index (κ2) is 5.04. The summed E-state index contributed by atoms with van der Waals surface area (Å²) < 4.78 is 5.19. The Morgan fingerprint density at radius 3 is 2.41 bits per heavy atom. The van der Waals surface area contributed by atoms with Gasteiger partial charge in [0.25, 0.3) is 5.91 Å². The molecule has 0 atom stereocenters. The number of hydrogen-bond acceptors (Lipinski definition) is 4. The molecule has 0 aromatic carbocycles. The lowest BCUT2D eigenvalue weighted by Crippen LogP contribution is -2.46. The molecule has 0 bridgehead atoms. The van der Waals surface area contributed by atoms with Crippen molar-refractivity contribution in [1.29, 1.82) is 5.26 Å². The fourth-order valence-electron chi connectivity index (χ4n) is 1.53. The molecular formula is C11H17N3O3. The fraction of sp³-hybridized carbons (Fsp3) is 0.727. The monoisotopic (exact) mass is 239 g/mol. The number of nitrogens with zero attached hydrogens (tertiary/aromatic N) is 3. The topological polar surface area (TPSA) is 73.6 Å². The van der Waals surface area contributed by atoms with Gasteiger partial charge in [0.1, 0.15) is 12.0 Å². The molecule has 1 aliphatic rings. The van der Waals surface area contributed by atoms with Crippen LogP contribution in [0.15, 0.2) is 0 Å². The van der Waals surface area contributed by atoms with Gasteiger partial charge in [-0.2, -0.15) is 5.26 Å². The Hall–Kier alpha value is -1.77. The fourth-order valence-corrected chi connectivity index (χ4v) is 1.53. The molecule has 2 amide bonds. The first-order valence-corrected chi connectivity index (χ1v) is 5.53. The minimum atomic E-state index is -0.594. The second-order valence-corrected chi connectivity index (χ2v) is 4.81. The highest BCUT2D eigenvalue weighted by molar-refractivity contribution is 5.81. The van der Waals surface area contributed by atoms with E-state index in [0.717, 1.165) is 0 Å². The first-order chi connectivity index (χ1) is 7.85. The van der Waals surface area contributed by atoms with Crippen LogP contribution in [0.1, 0.15) is 33.6 Å². The van der Waals surface area contributed by atoms with Gasteiger partial charge in [0.05, 0.1) is 6.07 Å². The average molecular weight is 239 g/mol. The van der Waals surface area contributed by atoms with Crippen LogP contribution in [-0.2, 0) is 9.53 Å². The van der Waals surface area contributed by atoms with Gasteiger partial charge >= 0.3 is 6.09 Å². The number of amides is 2. The second-order valence-electron chi connectivity index (χ2n) is 4.81. The van der Waals surface area contributed by atoms with E-state index in [1.807, 2.05) is 0 Å². The highest BCUT2D eigenvalue weighted by atomic mass is 16.6. The van der Waals surface area contributed by atoms with Gasteiger partial charge in [-0.25, -0.2) is 14.8 Å². The van der Waals surface area contributed by atoms with Crippen LogP contribution in [0.4, 0.5) is 4.79 Å². The Kier molecular flexibility index (Phi) is 3.94. The zero-order valence-electron chi connectivity index (χ0n) is 10.4. The largest absolute Gasteiger partial charge is 0.442 e. The molecule has 1 heterocycles. The molecule has 1 rings (SSSR count). The number of nitriles is 1. The molecule has 1 saturated heterocycles. The van der Waals surface area contributed by atoms with Crippen molar-refractivity contribution in [2.75, 3.05) is 13.1 Å². The Balaban J connectivity index is 2.67. The summed E-state index contributed by atoms with van der Waals surface area (Å²) in [6, 6.07) is 1.78. The average Bonchev–Trinajstić information content (AvgIpc) is 2.63. The van der Waals surface area contributed by atoms with Crippen LogP contribution in [0.5, 0.6) is 0 Å². The van der Waals surface area contributed by atoms with E-state index in [1.54, 1.807) is 26.8 Å². The molecule has 1 aliphatic heterocycles. The van der Waals surface area contributed by atoms with Gasteiger partial charge < -0.3 is 4.74 Å². The molecule has 6 nitrogen and oxygen atoms in total. The van der Waals surface area contributed by atoms with Crippen molar-refractivity contribution in [2.24, 2.45) is 0 Å².